The number of hydrogen-bond acceptors (Lipinski definition) is 3. The van der Waals surface area contributed by atoms with E-state index >= 15 is 0 Å². The Balaban J connectivity index is 1.97. The molecule has 2 atom stereocenters. The monoisotopic (exact) mass is 304 g/mol. The van der Waals surface area contributed by atoms with Crippen LogP contribution in [0.2, 0.25) is 0 Å². The number of benzene rings is 1. The molecule has 0 saturated carbocycles. The first-order valence-electron chi connectivity index (χ1n) is 7.36. The summed E-state index contributed by atoms with van der Waals surface area (Å²) in [6.45, 7) is 2.35. The number of hydrogen-bond donors (Lipinski definition) is 1. The van der Waals surface area contributed by atoms with Crippen LogP contribution in [-0.2, 0) is 15.1 Å². The van der Waals surface area contributed by atoms with Gasteiger partial charge in [-0.3, -0.25) is 9.59 Å². The molecule has 5 heteroatoms. The lowest BCUT2D eigenvalue weighted by Gasteiger charge is -2.35. The average Bonchev–Trinajstić information content (AvgIpc) is 2.98. The second-order valence-electron chi connectivity index (χ2n) is 5.81. The van der Waals surface area contributed by atoms with Crippen molar-refractivity contribution in [2.45, 2.75) is 31.3 Å². The summed E-state index contributed by atoms with van der Waals surface area (Å²) >= 11 is 1.88. The summed E-state index contributed by atoms with van der Waals surface area (Å²) in [6, 6.07) is 9.80. The topological polar surface area (TPSA) is 49.4 Å². The van der Waals surface area contributed by atoms with E-state index in [0.717, 1.165) is 23.5 Å². The van der Waals surface area contributed by atoms with Crippen LogP contribution in [0.5, 0.6) is 0 Å². The SMILES string of the molecule is CC1(c2ccccc2)NC(=O)CCN(C2CCSC2)C1=O. The molecule has 0 aromatic heterocycles. The highest BCUT2D eigenvalue weighted by atomic mass is 32.2. The molecule has 2 aliphatic rings. The van der Waals surface area contributed by atoms with Crippen LogP contribution in [0.4, 0.5) is 0 Å². The second-order valence-corrected chi connectivity index (χ2v) is 6.95. The Bertz CT molecular complexity index is 542. The molecule has 1 N–H and O–H groups in total. The van der Waals surface area contributed by atoms with Gasteiger partial charge in [0.15, 0.2) is 0 Å². The van der Waals surface area contributed by atoms with Crippen molar-refractivity contribution in [1.29, 1.82) is 0 Å². The van der Waals surface area contributed by atoms with Crippen LogP contribution in [0.15, 0.2) is 30.3 Å². The second kappa shape index (κ2) is 5.72. The molecule has 0 aliphatic carbocycles. The fraction of sp³-hybridized carbons (Fsp3) is 0.500. The van der Waals surface area contributed by atoms with Crippen LogP contribution in [0.3, 0.4) is 0 Å². The van der Waals surface area contributed by atoms with Gasteiger partial charge in [0, 0.05) is 24.8 Å². The lowest BCUT2D eigenvalue weighted by Crippen LogP contribution is -2.54. The van der Waals surface area contributed by atoms with E-state index in [-0.39, 0.29) is 17.9 Å². The van der Waals surface area contributed by atoms with Gasteiger partial charge >= 0.3 is 0 Å². The van der Waals surface area contributed by atoms with Gasteiger partial charge in [0.1, 0.15) is 5.54 Å². The van der Waals surface area contributed by atoms with E-state index in [1.807, 2.05) is 53.9 Å². The van der Waals surface area contributed by atoms with Crippen molar-refractivity contribution in [3.8, 4) is 0 Å². The third-order valence-corrected chi connectivity index (χ3v) is 5.50. The van der Waals surface area contributed by atoms with Crippen molar-refractivity contribution in [3.05, 3.63) is 35.9 Å². The number of amides is 2. The Kier molecular flexibility index (Phi) is 3.93. The quantitative estimate of drug-likeness (QED) is 0.906. The zero-order valence-corrected chi connectivity index (χ0v) is 13.0. The number of carbonyl (C=O) groups excluding carboxylic acids is 2. The molecule has 0 spiro atoms. The van der Waals surface area contributed by atoms with E-state index in [4.69, 9.17) is 0 Å². The minimum absolute atomic E-state index is 0.0204. The molecule has 2 aliphatic heterocycles. The zero-order chi connectivity index (χ0) is 14.9. The molecule has 4 nitrogen and oxygen atoms in total. The molecule has 112 valence electrons. The molecule has 21 heavy (non-hydrogen) atoms. The van der Waals surface area contributed by atoms with Gasteiger partial charge in [-0.2, -0.15) is 11.8 Å². The van der Waals surface area contributed by atoms with Gasteiger partial charge in [0.25, 0.3) is 5.91 Å². The van der Waals surface area contributed by atoms with Crippen LogP contribution >= 0.6 is 11.8 Å². The summed E-state index contributed by atoms with van der Waals surface area (Å²) in [5.41, 5.74) is -0.108. The molecule has 2 amide bonds. The van der Waals surface area contributed by atoms with Gasteiger partial charge in [-0.1, -0.05) is 30.3 Å². The summed E-state index contributed by atoms with van der Waals surface area (Å²) in [5.74, 6) is 2.04. The van der Waals surface area contributed by atoms with Crippen molar-refractivity contribution in [3.63, 3.8) is 0 Å². The van der Waals surface area contributed by atoms with E-state index in [9.17, 15) is 9.59 Å². The fourth-order valence-electron chi connectivity index (χ4n) is 3.09. The Hall–Kier alpha value is -1.49. The largest absolute Gasteiger partial charge is 0.338 e. The lowest BCUT2D eigenvalue weighted by molar-refractivity contribution is -0.140. The van der Waals surface area contributed by atoms with Gasteiger partial charge in [-0.15, -0.1) is 0 Å². The molecule has 2 heterocycles. The molecule has 2 fully saturated rings. The van der Waals surface area contributed by atoms with Crippen LogP contribution < -0.4 is 5.32 Å². The third kappa shape index (κ3) is 2.67. The van der Waals surface area contributed by atoms with Crippen molar-refractivity contribution < 1.29 is 9.59 Å². The summed E-state index contributed by atoms with van der Waals surface area (Å²) < 4.78 is 0. The maximum atomic E-state index is 13.1. The van der Waals surface area contributed by atoms with Gasteiger partial charge in [-0.25, -0.2) is 0 Å². The molecule has 0 bridgehead atoms. The highest BCUT2D eigenvalue weighted by Crippen LogP contribution is 2.30. The predicted octanol–water partition coefficient (Wildman–Crippen LogP) is 1.76. The molecule has 0 radical (unpaired) electrons. The molecular formula is C16H20N2O2S. The van der Waals surface area contributed by atoms with Crippen molar-refractivity contribution in [2.24, 2.45) is 0 Å². The normalized spacial score (nSPS) is 30.1. The van der Waals surface area contributed by atoms with E-state index in [0.29, 0.717) is 13.0 Å². The van der Waals surface area contributed by atoms with Gasteiger partial charge in [-0.05, 0) is 24.7 Å². The lowest BCUT2D eigenvalue weighted by atomic mass is 9.90. The molecular weight excluding hydrogens is 284 g/mol. The van der Waals surface area contributed by atoms with E-state index in [2.05, 4.69) is 5.32 Å². The number of rotatable bonds is 2. The van der Waals surface area contributed by atoms with Crippen molar-refractivity contribution in [2.75, 3.05) is 18.1 Å². The Morgan fingerprint density at radius 2 is 2.05 bits per heavy atom. The van der Waals surface area contributed by atoms with Gasteiger partial charge < -0.3 is 10.2 Å². The van der Waals surface area contributed by atoms with Crippen LogP contribution in [0, 0.1) is 0 Å². The minimum Gasteiger partial charge on any atom is -0.338 e. The van der Waals surface area contributed by atoms with Gasteiger partial charge in [0.05, 0.1) is 0 Å². The number of thioether (sulfide) groups is 1. The Morgan fingerprint density at radius 3 is 2.71 bits per heavy atom. The first kappa shape index (κ1) is 14.4. The molecule has 1 aromatic rings. The first-order chi connectivity index (χ1) is 10.1. The minimum atomic E-state index is -0.956. The van der Waals surface area contributed by atoms with E-state index < -0.39 is 5.54 Å². The van der Waals surface area contributed by atoms with Crippen molar-refractivity contribution >= 4 is 23.6 Å². The van der Waals surface area contributed by atoms with E-state index in [1.54, 1.807) is 0 Å². The molecule has 2 saturated heterocycles. The van der Waals surface area contributed by atoms with Crippen LogP contribution in [0.25, 0.3) is 0 Å². The third-order valence-electron chi connectivity index (χ3n) is 4.36. The van der Waals surface area contributed by atoms with Crippen LogP contribution in [-0.4, -0.2) is 40.8 Å². The Labute approximate surface area is 129 Å². The zero-order valence-electron chi connectivity index (χ0n) is 12.2. The number of nitrogens with zero attached hydrogens (tertiary/aromatic N) is 1. The van der Waals surface area contributed by atoms with Gasteiger partial charge in [0.2, 0.25) is 5.91 Å². The highest BCUT2D eigenvalue weighted by Gasteiger charge is 2.44. The fourth-order valence-corrected chi connectivity index (χ4v) is 4.31. The molecule has 1 aromatic carbocycles. The number of carbonyl (C=O) groups is 2. The summed E-state index contributed by atoms with van der Waals surface area (Å²) in [6.07, 6.45) is 1.41. The summed E-state index contributed by atoms with van der Waals surface area (Å²) in [7, 11) is 0. The average molecular weight is 304 g/mol. The van der Waals surface area contributed by atoms with Crippen LogP contribution in [0.1, 0.15) is 25.3 Å². The standard InChI is InChI=1S/C16H20N2O2S/c1-16(12-5-3-2-4-6-12)15(20)18(9-7-14(19)17-16)13-8-10-21-11-13/h2-6,13H,7-11H2,1H3,(H,17,19). The maximum Gasteiger partial charge on any atom is 0.252 e. The smallest absolute Gasteiger partial charge is 0.252 e. The summed E-state index contributed by atoms with van der Waals surface area (Å²) in [5, 5.41) is 2.94. The molecule has 3 rings (SSSR count). The summed E-state index contributed by atoms with van der Waals surface area (Å²) in [4.78, 5) is 27.1. The maximum absolute atomic E-state index is 13.1. The van der Waals surface area contributed by atoms with Crippen molar-refractivity contribution in [1.82, 2.24) is 10.2 Å². The molecule has 2 unspecified atom stereocenters. The first-order valence-corrected chi connectivity index (χ1v) is 8.52. The Morgan fingerprint density at radius 1 is 1.29 bits per heavy atom. The number of nitrogens with one attached hydrogen (secondary N) is 1. The predicted molar refractivity (Wildman–Crippen MR) is 84.0 cm³/mol. The highest BCUT2D eigenvalue weighted by molar-refractivity contribution is 7.99. The van der Waals surface area contributed by atoms with E-state index in [1.165, 1.54) is 0 Å².